The summed E-state index contributed by atoms with van der Waals surface area (Å²) >= 11 is 0. The number of amides is 1. The molecule has 0 aliphatic carbocycles. The van der Waals surface area contributed by atoms with Crippen molar-refractivity contribution in [3.05, 3.63) is 93.3 Å². The lowest BCUT2D eigenvalue weighted by Gasteiger charge is -2.22. The number of rotatable bonds is 6. The van der Waals surface area contributed by atoms with Gasteiger partial charge in [-0.25, -0.2) is 4.79 Å². The number of aromatic nitrogens is 2. The SMILES string of the molecule is O=C(Cn1c(=O)ccn(Cc2ccccc2)c1=O)Nc1ccc(N2CCCCCC2)cc1. The lowest BCUT2D eigenvalue weighted by atomic mass is 10.2. The molecule has 7 heteroatoms. The molecule has 0 bridgehead atoms. The van der Waals surface area contributed by atoms with E-state index in [1.807, 2.05) is 54.6 Å². The molecule has 166 valence electrons. The van der Waals surface area contributed by atoms with Crippen LogP contribution in [0.4, 0.5) is 11.4 Å². The van der Waals surface area contributed by atoms with Crippen LogP contribution in [-0.2, 0) is 17.9 Å². The Hall–Kier alpha value is -3.61. The monoisotopic (exact) mass is 432 g/mol. The predicted molar refractivity (Wildman–Crippen MR) is 126 cm³/mol. The molecule has 32 heavy (non-hydrogen) atoms. The van der Waals surface area contributed by atoms with Crippen molar-refractivity contribution in [2.75, 3.05) is 23.3 Å². The van der Waals surface area contributed by atoms with Gasteiger partial charge in [-0.2, -0.15) is 0 Å². The predicted octanol–water partition coefficient (Wildman–Crippen LogP) is 3.08. The van der Waals surface area contributed by atoms with Gasteiger partial charge in [0.15, 0.2) is 0 Å². The molecule has 4 rings (SSSR count). The normalized spacial score (nSPS) is 14.1. The highest BCUT2D eigenvalue weighted by molar-refractivity contribution is 5.90. The summed E-state index contributed by atoms with van der Waals surface area (Å²) in [5.74, 6) is -0.413. The largest absolute Gasteiger partial charge is 0.372 e. The number of nitrogens with one attached hydrogen (secondary N) is 1. The molecule has 0 radical (unpaired) electrons. The second-order valence-electron chi connectivity index (χ2n) is 8.13. The van der Waals surface area contributed by atoms with Crippen LogP contribution in [-0.4, -0.2) is 28.1 Å². The van der Waals surface area contributed by atoms with Crippen molar-refractivity contribution in [1.29, 1.82) is 0 Å². The van der Waals surface area contributed by atoms with Gasteiger partial charge in [0.25, 0.3) is 5.56 Å². The van der Waals surface area contributed by atoms with Crippen LogP contribution in [0.2, 0.25) is 0 Å². The number of anilines is 2. The topological polar surface area (TPSA) is 76.3 Å². The van der Waals surface area contributed by atoms with E-state index in [0.29, 0.717) is 12.2 Å². The van der Waals surface area contributed by atoms with Crippen LogP contribution in [0, 0.1) is 0 Å². The van der Waals surface area contributed by atoms with Crippen LogP contribution in [0.1, 0.15) is 31.2 Å². The first-order chi connectivity index (χ1) is 15.6. The molecule has 1 amide bonds. The number of carbonyl (C=O) groups is 1. The smallest absolute Gasteiger partial charge is 0.331 e. The summed E-state index contributed by atoms with van der Waals surface area (Å²) in [5, 5.41) is 2.79. The lowest BCUT2D eigenvalue weighted by molar-refractivity contribution is -0.116. The number of carbonyl (C=O) groups excluding carboxylic acids is 1. The Labute approximate surface area is 186 Å². The van der Waals surface area contributed by atoms with E-state index < -0.39 is 17.2 Å². The minimum Gasteiger partial charge on any atom is -0.372 e. The molecule has 0 spiro atoms. The number of hydrogen-bond acceptors (Lipinski definition) is 4. The molecule has 1 aromatic heterocycles. The van der Waals surface area contributed by atoms with Gasteiger partial charge in [-0.3, -0.25) is 18.7 Å². The Morgan fingerprint density at radius 2 is 1.53 bits per heavy atom. The van der Waals surface area contributed by atoms with Crippen molar-refractivity contribution in [2.24, 2.45) is 0 Å². The molecule has 0 unspecified atom stereocenters. The van der Waals surface area contributed by atoms with Gasteiger partial charge in [0, 0.05) is 36.7 Å². The van der Waals surface area contributed by atoms with E-state index in [4.69, 9.17) is 0 Å². The van der Waals surface area contributed by atoms with E-state index in [1.165, 1.54) is 42.5 Å². The zero-order chi connectivity index (χ0) is 22.3. The van der Waals surface area contributed by atoms with Gasteiger partial charge in [0.05, 0.1) is 6.54 Å². The third-order valence-electron chi connectivity index (χ3n) is 5.76. The van der Waals surface area contributed by atoms with E-state index in [0.717, 1.165) is 28.9 Å². The third kappa shape index (κ3) is 5.35. The molecular formula is C25H28N4O3. The van der Waals surface area contributed by atoms with Crippen LogP contribution in [0.5, 0.6) is 0 Å². The van der Waals surface area contributed by atoms with E-state index in [9.17, 15) is 14.4 Å². The first kappa shape index (κ1) is 21.6. The zero-order valence-electron chi connectivity index (χ0n) is 18.1. The molecule has 2 heterocycles. The van der Waals surface area contributed by atoms with Crippen LogP contribution in [0.3, 0.4) is 0 Å². The summed E-state index contributed by atoms with van der Waals surface area (Å²) < 4.78 is 2.39. The summed E-state index contributed by atoms with van der Waals surface area (Å²) in [6.07, 6.45) is 6.42. The fraction of sp³-hybridized carbons (Fsp3) is 0.320. The van der Waals surface area contributed by atoms with Crippen LogP contribution < -0.4 is 21.5 Å². The number of hydrogen-bond donors (Lipinski definition) is 1. The second kappa shape index (κ2) is 10.1. The molecule has 1 aliphatic heterocycles. The fourth-order valence-corrected chi connectivity index (χ4v) is 4.03. The van der Waals surface area contributed by atoms with Gasteiger partial charge in [-0.1, -0.05) is 43.2 Å². The Kier molecular flexibility index (Phi) is 6.84. The van der Waals surface area contributed by atoms with Crippen molar-refractivity contribution in [2.45, 2.75) is 38.8 Å². The van der Waals surface area contributed by atoms with Gasteiger partial charge >= 0.3 is 5.69 Å². The summed E-state index contributed by atoms with van der Waals surface area (Å²) in [4.78, 5) is 39.9. The maximum absolute atomic E-state index is 12.8. The van der Waals surface area contributed by atoms with E-state index >= 15 is 0 Å². The molecule has 3 aromatic rings. The summed E-state index contributed by atoms with van der Waals surface area (Å²) in [7, 11) is 0. The average Bonchev–Trinajstić information content (AvgIpc) is 3.09. The molecule has 7 nitrogen and oxygen atoms in total. The van der Waals surface area contributed by atoms with Gasteiger partial charge < -0.3 is 10.2 Å². The van der Waals surface area contributed by atoms with Crippen LogP contribution in [0.15, 0.2) is 76.4 Å². The first-order valence-electron chi connectivity index (χ1n) is 11.1. The van der Waals surface area contributed by atoms with Crippen molar-refractivity contribution in [3.8, 4) is 0 Å². The number of nitrogens with zero attached hydrogens (tertiary/aromatic N) is 3. The first-order valence-corrected chi connectivity index (χ1v) is 11.1. The molecule has 1 aliphatic rings. The summed E-state index contributed by atoms with van der Waals surface area (Å²) in [5.41, 5.74) is 1.72. The standard InChI is InChI=1S/C25H28N4O3/c30-23(26-21-10-12-22(13-11-21)27-15-6-1-2-7-16-27)19-29-24(31)14-17-28(25(29)32)18-20-8-4-3-5-9-20/h3-5,8-14,17H,1-2,6-7,15-16,18-19H2,(H,26,30). The molecule has 1 saturated heterocycles. The molecule has 1 N–H and O–H groups in total. The minimum atomic E-state index is -0.506. The highest BCUT2D eigenvalue weighted by atomic mass is 16.2. The highest BCUT2D eigenvalue weighted by Crippen LogP contribution is 2.21. The van der Waals surface area contributed by atoms with Gasteiger partial charge in [0.1, 0.15) is 6.54 Å². The van der Waals surface area contributed by atoms with Crippen molar-refractivity contribution in [3.63, 3.8) is 0 Å². The lowest BCUT2D eigenvalue weighted by Crippen LogP contribution is -2.41. The maximum atomic E-state index is 12.8. The van der Waals surface area contributed by atoms with E-state index in [2.05, 4.69) is 10.2 Å². The van der Waals surface area contributed by atoms with E-state index in [1.54, 1.807) is 0 Å². The van der Waals surface area contributed by atoms with Crippen molar-refractivity contribution >= 4 is 17.3 Å². The Morgan fingerprint density at radius 1 is 0.844 bits per heavy atom. The van der Waals surface area contributed by atoms with E-state index in [-0.39, 0.29) is 6.54 Å². The minimum absolute atomic E-state index is 0.332. The molecule has 2 aromatic carbocycles. The average molecular weight is 433 g/mol. The summed E-state index contributed by atoms with van der Waals surface area (Å²) in [6, 6.07) is 18.5. The van der Waals surface area contributed by atoms with Gasteiger partial charge in [0.2, 0.25) is 5.91 Å². The molecule has 0 saturated carbocycles. The van der Waals surface area contributed by atoms with Crippen LogP contribution >= 0.6 is 0 Å². The third-order valence-corrected chi connectivity index (χ3v) is 5.76. The Bertz CT molecular complexity index is 1160. The highest BCUT2D eigenvalue weighted by Gasteiger charge is 2.12. The Morgan fingerprint density at radius 3 is 2.22 bits per heavy atom. The van der Waals surface area contributed by atoms with Gasteiger partial charge in [-0.15, -0.1) is 0 Å². The quantitative estimate of drug-likeness (QED) is 0.650. The van der Waals surface area contributed by atoms with Gasteiger partial charge in [-0.05, 0) is 42.7 Å². The van der Waals surface area contributed by atoms with Crippen LogP contribution in [0.25, 0.3) is 0 Å². The number of benzene rings is 2. The Balaban J connectivity index is 1.43. The zero-order valence-corrected chi connectivity index (χ0v) is 18.1. The molecule has 0 atom stereocenters. The molecule has 1 fully saturated rings. The maximum Gasteiger partial charge on any atom is 0.331 e. The molecular weight excluding hydrogens is 404 g/mol. The van der Waals surface area contributed by atoms with Crippen molar-refractivity contribution < 1.29 is 4.79 Å². The fourth-order valence-electron chi connectivity index (χ4n) is 4.03. The van der Waals surface area contributed by atoms with Crippen molar-refractivity contribution in [1.82, 2.24) is 9.13 Å². The second-order valence-corrected chi connectivity index (χ2v) is 8.13. The summed E-state index contributed by atoms with van der Waals surface area (Å²) in [6.45, 7) is 2.11.